The molecule has 2 heterocycles. The summed E-state index contributed by atoms with van der Waals surface area (Å²) in [6.45, 7) is 0.215. The zero-order chi connectivity index (χ0) is 33.0. The van der Waals surface area contributed by atoms with Crippen LogP contribution in [0.3, 0.4) is 0 Å². The van der Waals surface area contributed by atoms with Crippen LogP contribution in [0.25, 0.3) is 22.2 Å². The zero-order valence-electron chi connectivity index (χ0n) is 23.7. The largest absolute Gasteiger partial charge is 0.497 e. The van der Waals surface area contributed by atoms with E-state index in [1.807, 2.05) is 0 Å². The quantitative estimate of drug-likeness (QED) is 0.144. The number of ether oxygens (including phenoxy) is 1. The number of methoxy groups -OCH3 is 1. The number of aromatic nitrogens is 3. The lowest BCUT2D eigenvalue weighted by molar-refractivity contribution is 0.102. The number of nitrogen functional groups attached to an aromatic ring is 1. The van der Waals surface area contributed by atoms with E-state index in [0.717, 1.165) is 23.0 Å². The molecule has 0 saturated heterocycles. The lowest BCUT2D eigenvalue weighted by atomic mass is 10.1. The van der Waals surface area contributed by atoms with Gasteiger partial charge < -0.3 is 25.6 Å². The SMILES string of the molecule is COc1cccc(C(=O)Nc2cc(-c3noc(-c4sc(NC(=O)NCCc5ccc(S(N)(=O)=O)cc5)nc4N)n3)c(F)cc2F)c1. The number of urea groups is 1. The molecule has 2 aromatic heterocycles. The van der Waals surface area contributed by atoms with Crippen molar-refractivity contribution < 1.29 is 36.0 Å². The predicted octanol–water partition coefficient (Wildman–Crippen LogP) is 3.99. The fourth-order valence-electron chi connectivity index (χ4n) is 4.05. The maximum absolute atomic E-state index is 14.8. The van der Waals surface area contributed by atoms with Crippen molar-refractivity contribution in [1.29, 1.82) is 0 Å². The minimum absolute atomic E-state index is 0.0194. The third-order valence-corrected chi connectivity index (χ3v) is 8.23. The molecule has 0 bridgehead atoms. The molecule has 238 valence electrons. The molecule has 18 heteroatoms. The van der Waals surface area contributed by atoms with Crippen molar-refractivity contribution in [2.24, 2.45) is 5.14 Å². The molecule has 0 spiro atoms. The van der Waals surface area contributed by atoms with Gasteiger partial charge >= 0.3 is 6.03 Å². The van der Waals surface area contributed by atoms with E-state index < -0.39 is 33.6 Å². The van der Waals surface area contributed by atoms with Gasteiger partial charge in [-0.3, -0.25) is 10.1 Å². The second kappa shape index (κ2) is 13.3. The Morgan fingerprint density at radius 2 is 1.78 bits per heavy atom. The molecule has 3 amide bonds. The van der Waals surface area contributed by atoms with E-state index in [-0.39, 0.29) is 55.8 Å². The Labute approximate surface area is 263 Å². The Bertz CT molecular complexity index is 2030. The zero-order valence-corrected chi connectivity index (χ0v) is 25.3. The van der Waals surface area contributed by atoms with Gasteiger partial charge in [0.25, 0.3) is 11.8 Å². The number of carbonyl (C=O) groups excluding carboxylic acids is 2. The Morgan fingerprint density at radius 3 is 2.50 bits per heavy atom. The number of benzene rings is 3. The summed E-state index contributed by atoms with van der Waals surface area (Å²) in [5.74, 6) is -2.75. The highest BCUT2D eigenvalue weighted by molar-refractivity contribution is 7.89. The molecule has 0 aliphatic carbocycles. The third-order valence-electron chi connectivity index (χ3n) is 6.32. The molecule has 5 aromatic rings. The summed E-state index contributed by atoms with van der Waals surface area (Å²) in [4.78, 5) is 33.4. The number of nitrogens with two attached hydrogens (primary N) is 2. The number of amides is 3. The maximum Gasteiger partial charge on any atom is 0.321 e. The van der Waals surface area contributed by atoms with Crippen LogP contribution in [-0.2, 0) is 16.4 Å². The van der Waals surface area contributed by atoms with Crippen molar-refractivity contribution in [2.45, 2.75) is 11.3 Å². The predicted molar refractivity (Wildman–Crippen MR) is 165 cm³/mol. The Balaban J connectivity index is 1.24. The van der Waals surface area contributed by atoms with E-state index in [9.17, 15) is 26.8 Å². The van der Waals surface area contributed by atoms with Gasteiger partial charge in [0.05, 0.1) is 23.3 Å². The number of anilines is 3. The number of rotatable bonds is 10. The number of sulfonamides is 1. The standard InChI is InChI=1S/C28H24F2N8O6S2/c1-43-16-4-2-3-15(11-16)25(39)34-21-12-18(19(29)13-20(21)30)24-36-26(44-38-24)22-23(31)35-28(45-22)37-27(40)33-10-9-14-5-7-17(8-6-14)46(32,41)42/h2-8,11-13H,9-10,31H2,1H3,(H,34,39)(H2,32,41,42)(H2,33,35,37,40). The van der Waals surface area contributed by atoms with Gasteiger partial charge in [-0.25, -0.2) is 32.1 Å². The lowest BCUT2D eigenvalue weighted by Crippen LogP contribution is -2.30. The highest BCUT2D eigenvalue weighted by Crippen LogP contribution is 2.36. The van der Waals surface area contributed by atoms with Crippen molar-refractivity contribution >= 4 is 49.9 Å². The van der Waals surface area contributed by atoms with Crippen molar-refractivity contribution in [1.82, 2.24) is 20.4 Å². The molecule has 5 rings (SSSR count). The van der Waals surface area contributed by atoms with Crippen molar-refractivity contribution in [3.63, 3.8) is 0 Å². The Morgan fingerprint density at radius 1 is 1.02 bits per heavy atom. The van der Waals surface area contributed by atoms with E-state index in [1.54, 1.807) is 24.3 Å². The summed E-state index contributed by atoms with van der Waals surface area (Å²) in [6, 6.07) is 13.1. The molecular formula is C28H24F2N8O6S2. The summed E-state index contributed by atoms with van der Waals surface area (Å²) in [6.07, 6.45) is 0.403. The maximum atomic E-state index is 14.8. The van der Waals surface area contributed by atoms with Crippen LogP contribution in [0.15, 0.2) is 70.1 Å². The van der Waals surface area contributed by atoms with Gasteiger partial charge in [0.2, 0.25) is 15.8 Å². The van der Waals surface area contributed by atoms with Crippen LogP contribution in [0.2, 0.25) is 0 Å². The minimum atomic E-state index is -3.80. The number of carbonyl (C=O) groups is 2. The molecule has 0 fully saturated rings. The van der Waals surface area contributed by atoms with Gasteiger partial charge in [0.15, 0.2) is 5.13 Å². The summed E-state index contributed by atoms with van der Waals surface area (Å²) >= 11 is 0.908. The lowest BCUT2D eigenvalue weighted by Gasteiger charge is -2.09. The first-order valence-electron chi connectivity index (χ1n) is 13.1. The highest BCUT2D eigenvalue weighted by Gasteiger charge is 2.22. The molecule has 14 nitrogen and oxygen atoms in total. The van der Waals surface area contributed by atoms with Gasteiger partial charge in [-0.05, 0) is 48.4 Å². The van der Waals surface area contributed by atoms with Gasteiger partial charge in [0.1, 0.15) is 28.1 Å². The molecule has 0 radical (unpaired) electrons. The van der Waals surface area contributed by atoms with Gasteiger partial charge in [-0.15, -0.1) is 0 Å². The van der Waals surface area contributed by atoms with Crippen LogP contribution >= 0.6 is 11.3 Å². The van der Waals surface area contributed by atoms with Crippen LogP contribution in [0.5, 0.6) is 5.75 Å². The molecule has 7 N–H and O–H groups in total. The molecular weight excluding hydrogens is 646 g/mol. The number of hydrogen-bond donors (Lipinski definition) is 5. The first-order valence-corrected chi connectivity index (χ1v) is 15.5. The monoisotopic (exact) mass is 670 g/mol. The van der Waals surface area contributed by atoms with Crippen LogP contribution in [0.1, 0.15) is 15.9 Å². The van der Waals surface area contributed by atoms with Crippen molar-refractivity contribution in [3.05, 3.63) is 83.4 Å². The van der Waals surface area contributed by atoms with E-state index in [1.165, 1.54) is 31.4 Å². The van der Waals surface area contributed by atoms with E-state index in [4.69, 9.17) is 20.1 Å². The number of nitrogens with one attached hydrogen (secondary N) is 3. The molecule has 0 saturated carbocycles. The summed E-state index contributed by atoms with van der Waals surface area (Å²) < 4.78 is 62.4. The third kappa shape index (κ3) is 7.42. The second-order valence-electron chi connectivity index (χ2n) is 9.47. The first-order chi connectivity index (χ1) is 21.9. The number of hydrogen-bond acceptors (Lipinski definition) is 11. The summed E-state index contributed by atoms with van der Waals surface area (Å²) in [5, 5.41) is 16.5. The summed E-state index contributed by atoms with van der Waals surface area (Å²) in [5.41, 5.74) is 6.35. The van der Waals surface area contributed by atoms with Gasteiger partial charge in [-0.1, -0.05) is 34.7 Å². The van der Waals surface area contributed by atoms with Crippen LogP contribution in [0, 0.1) is 11.6 Å². The molecule has 0 unspecified atom stereocenters. The normalized spacial score (nSPS) is 11.2. The first kappa shape index (κ1) is 31.9. The van der Waals surface area contributed by atoms with Crippen LogP contribution in [0.4, 0.5) is 30.2 Å². The van der Waals surface area contributed by atoms with Crippen LogP contribution in [-0.4, -0.2) is 49.1 Å². The summed E-state index contributed by atoms with van der Waals surface area (Å²) in [7, 11) is -2.37. The number of halogens is 2. The number of nitrogens with zero attached hydrogens (tertiary/aromatic N) is 3. The van der Waals surface area contributed by atoms with Gasteiger partial charge in [-0.2, -0.15) is 4.98 Å². The molecule has 46 heavy (non-hydrogen) atoms. The minimum Gasteiger partial charge on any atom is -0.497 e. The fourth-order valence-corrected chi connectivity index (χ4v) is 5.36. The Kier molecular flexibility index (Phi) is 9.21. The molecule has 3 aromatic carbocycles. The average Bonchev–Trinajstić information content (AvgIpc) is 3.64. The van der Waals surface area contributed by atoms with E-state index in [0.29, 0.717) is 18.2 Å². The van der Waals surface area contributed by atoms with Crippen molar-refractivity contribution in [3.8, 4) is 27.9 Å². The van der Waals surface area contributed by atoms with E-state index in [2.05, 4.69) is 31.1 Å². The van der Waals surface area contributed by atoms with Crippen LogP contribution < -0.4 is 31.6 Å². The van der Waals surface area contributed by atoms with E-state index >= 15 is 0 Å². The smallest absolute Gasteiger partial charge is 0.321 e. The number of thiazole rings is 1. The molecule has 0 aliphatic rings. The number of primary sulfonamides is 1. The topological polar surface area (TPSA) is 217 Å². The second-order valence-corrected chi connectivity index (χ2v) is 12.0. The Hall–Kier alpha value is -5.46. The van der Waals surface area contributed by atoms with Crippen molar-refractivity contribution in [2.75, 3.05) is 30.0 Å². The average molecular weight is 671 g/mol. The van der Waals surface area contributed by atoms with Gasteiger partial charge in [0, 0.05) is 18.2 Å². The fraction of sp³-hybridized carbons (Fsp3) is 0.107. The molecule has 0 atom stereocenters. The highest BCUT2D eigenvalue weighted by atomic mass is 32.2. The molecule has 0 aliphatic heterocycles.